The molecule has 1 unspecified atom stereocenters. The average molecular weight is 259 g/mol. The van der Waals surface area contributed by atoms with E-state index in [4.69, 9.17) is 0 Å². The number of benzene rings is 1. The summed E-state index contributed by atoms with van der Waals surface area (Å²) in [4.78, 5) is 0. The lowest BCUT2D eigenvalue weighted by Crippen LogP contribution is -2.34. The molecule has 1 nitrogen and oxygen atoms in total. The first-order valence-corrected chi connectivity index (χ1v) is 7.90. The standard InChI is InChI=1S/C18H29N/c1-13(2)11-16(12-14(3)4)19-18-10-9-15-7-5-6-8-17(15)18/h5-8,13-14,16,18-19H,9-12H2,1-4H3. The van der Waals surface area contributed by atoms with Crippen LogP contribution < -0.4 is 5.32 Å². The largest absolute Gasteiger partial charge is 0.307 e. The van der Waals surface area contributed by atoms with Crippen molar-refractivity contribution in [3.8, 4) is 0 Å². The summed E-state index contributed by atoms with van der Waals surface area (Å²) in [5.74, 6) is 1.54. The number of rotatable bonds is 6. The predicted octanol–water partition coefficient (Wildman–Crippen LogP) is 4.72. The smallest absolute Gasteiger partial charge is 0.0328 e. The van der Waals surface area contributed by atoms with E-state index in [1.807, 2.05) is 0 Å². The van der Waals surface area contributed by atoms with Gasteiger partial charge in [0.05, 0.1) is 0 Å². The fourth-order valence-corrected chi connectivity index (χ4v) is 3.39. The first kappa shape index (κ1) is 14.6. The molecule has 0 amide bonds. The van der Waals surface area contributed by atoms with Crippen LogP contribution in [0.15, 0.2) is 24.3 Å². The summed E-state index contributed by atoms with van der Waals surface area (Å²) in [5.41, 5.74) is 3.09. The van der Waals surface area contributed by atoms with Crippen LogP contribution in [0.5, 0.6) is 0 Å². The van der Waals surface area contributed by atoms with E-state index in [9.17, 15) is 0 Å². The number of fused-ring (bicyclic) bond motifs is 1. The quantitative estimate of drug-likeness (QED) is 0.779. The van der Waals surface area contributed by atoms with Crippen molar-refractivity contribution in [1.82, 2.24) is 5.32 Å². The van der Waals surface area contributed by atoms with Gasteiger partial charge in [-0.3, -0.25) is 0 Å². The van der Waals surface area contributed by atoms with E-state index in [1.165, 1.54) is 25.7 Å². The van der Waals surface area contributed by atoms with Crippen LogP contribution in [0.25, 0.3) is 0 Å². The minimum Gasteiger partial charge on any atom is -0.307 e. The molecule has 0 aliphatic heterocycles. The molecule has 2 rings (SSSR count). The average Bonchev–Trinajstić information content (AvgIpc) is 2.71. The summed E-state index contributed by atoms with van der Waals surface area (Å²) in [6.07, 6.45) is 5.09. The van der Waals surface area contributed by atoms with Gasteiger partial charge in [-0.1, -0.05) is 52.0 Å². The first-order valence-electron chi connectivity index (χ1n) is 7.90. The van der Waals surface area contributed by atoms with E-state index in [-0.39, 0.29) is 0 Å². The molecule has 1 aliphatic rings. The van der Waals surface area contributed by atoms with Crippen molar-refractivity contribution >= 4 is 0 Å². The zero-order chi connectivity index (χ0) is 13.8. The molecule has 0 heterocycles. The summed E-state index contributed by atoms with van der Waals surface area (Å²) < 4.78 is 0. The maximum absolute atomic E-state index is 3.93. The van der Waals surface area contributed by atoms with Gasteiger partial charge in [0.15, 0.2) is 0 Å². The molecule has 0 saturated carbocycles. The Morgan fingerprint density at radius 2 is 1.68 bits per heavy atom. The van der Waals surface area contributed by atoms with E-state index in [1.54, 1.807) is 11.1 Å². The fourth-order valence-electron chi connectivity index (χ4n) is 3.39. The third-order valence-corrected chi connectivity index (χ3v) is 4.08. The van der Waals surface area contributed by atoms with Gasteiger partial charge >= 0.3 is 0 Å². The minimum atomic E-state index is 0.582. The summed E-state index contributed by atoms with van der Waals surface area (Å²) in [7, 11) is 0. The summed E-state index contributed by atoms with van der Waals surface area (Å²) in [6.45, 7) is 9.32. The Bertz CT molecular complexity index is 384. The van der Waals surface area contributed by atoms with Gasteiger partial charge in [-0.25, -0.2) is 0 Å². The Kier molecular flexibility index (Phi) is 5.04. The number of nitrogens with one attached hydrogen (secondary N) is 1. The second-order valence-corrected chi connectivity index (χ2v) is 6.91. The molecule has 0 fully saturated rings. The van der Waals surface area contributed by atoms with Gasteiger partial charge < -0.3 is 5.32 Å². The Hall–Kier alpha value is -0.820. The zero-order valence-corrected chi connectivity index (χ0v) is 12.9. The molecule has 1 N–H and O–H groups in total. The van der Waals surface area contributed by atoms with Crippen LogP contribution in [0.1, 0.15) is 64.1 Å². The number of hydrogen-bond acceptors (Lipinski definition) is 1. The second kappa shape index (κ2) is 6.56. The van der Waals surface area contributed by atoms with Gasteiger partial charge in [0.25, 0.3) is 0 Å². The third kappa shape index (κ3) is 4.07. The topological polar surface area (TPSA) is 12.0 Å². The van der Waals surface area contributed by atoms with Crippen LogP contribution in [-0.2, 0) is 6.42 Å². The van der Waals surface area contributed by atoms with Crippen molar-refractivity contribution in [2.75, 3.05) is 0 Å². The van der Waals surface area contributed by atoms with E-state index >= 15 is 0 Å². The molecule has 1 atom stereocenters. The maximum Gasteiger partial charge on any atom is 0.0328 e. The predicted molar refractivity (Wildman–Crippen MR) is 83.3 cm³/mol. The van der Waals surface area contributed by atoms with E-state index < -0.39 is 0 Å². The Morgan fingerprint density at radius 1 is 1.05 bits per heavy atom. The van der Waals surface area contributed by atoms with Crippen LogP contribution in [-0.4, -0.2) is 6.04 Å². The molecular formula is C18H29N. The molecule has 0 spiro atoms. The molecule has 1 aromatic carbocycles. The van der Waals surface area contributed by atoms with Gasteiger partial charge in [0, 0.05) is 12.1 Å². The van der Waals surface area contributed by atoms with Crippen LogP contribution in [0.3, 0.4) is 0 Å². The second-order valence-electron chi connectivity index (χ2n) is 6.91. The molecule has 19 heavy (non-hydrogen) atoms. The lowest BCUT2D eigenvalue weighted by molar-refractivity contribution is 0.326. The van der Waals surface area contributed by atoms with Gasteiger partial charge in [-0.2, -0.15) is 0 Å². The summed E-state index contributed by atoms with van der Waals surface area (Å²) in [6, 6.07) is 10.2. The fraction of sp³-hybridized carbons (Fsp3) is 0.667. The van der Waals surface area contributed by atoms with Crippen LogP contribution in [0.2, 0.25) is 0 Å². The minimum absolute atomic E-state index is 0.582. The Morgan fingerprint density at radius 3 is 2.32 bits per heavy atom. The zero-order valence-electron chi connectivity index (χ0n) is 12.9. The van der Waals surface area contributed by atoms with Gasteiger partial charge in [-0.05, 0) is 48.6 Å². The highest BCUT2D eigenvalue weighted by atomic mass is 15.0. The highest BCUT2D eigenvalue weighted by Gasteiger charge is 2.24. The van der Waals surface area contributed by atoms with Crippen molar-refractivity contribution in [3.05, 3.63) is 35.4 Å². The molecule has 1 aliphatic carbocycles. The lowest BCUT2D eigenvalue weighted by Gasteiger charge is -2.26. The van der Waals surface area contributed by atoms with E-state index in [0.717, 1.165) is 11.8 Å². The van der Waals surface area contributed by atoms with Crippen molar-refractivity contribution < 1.29 is 0 Å². The van der Waals surface area contributed by atoms with Crippen molar-refractivity contribution in [2.24, 2.45) is 11.8 Å². The molecule has 0 bridgehead atoms. The van der Waals surface area contributed by atoms with E-state index in [2.05, 4.69) is 57.3 Å². The van der Waals surface area contributed by atoms with Crippen molar-refractivity contribution in [1.29, 1.82) is 0 Å². The summed E-state index contributed by atoms with van der Waals surface area (Å²) >= 11 is 0. The molecule has 1 aromatic rings. The lowest BCUT2D eigenvalue weighted by atomic mass is 9.94. The molecule has 106 valence electrons. The van der Waals surface area contributed by atoms with E-state index in [0.29, 0.717) is 12.1 Å². The SMILES string of the molecule is CC(C)CC(CC(C)C)NC1CCc2ccccc21. The molecule has 0 saturated heterocycles. The maximum atomic E-state index is 3.93. The molecular weight excluding hydrogens is 230 g/mol. The monoisotopic (exact) mass is 259 g/mol. The van der Waals surface area contributed by atoms with Crippen LogP contribution >= 0.6 is 0 Å². The van der Waals surface area contributed by atoms with Crippen molar-refractivity contribution in [2.45, 2.75) is 65.5 Å². The van der Waals surface area contributed by atoms with Crippen LogP contribution in [0.4, 0.5) is 0 Å². The van der Waals surface area contributed by atoms with Crippen LogP contribution in [0, 0.1) is 11.8 Å². The first-order chi connectivity index (χ1) is 9.06. The highest BCUT2D eigenvalue weighted by Crippen LogP contribution is 2.32. The number of hydrogen-bond donors (Lipinski definition) is 1. The van der Waals surface area contributed by atoms with Gasteiger partial charge in [0.2, 0.25) is 0 Å². The highest BCUT2D eigenvalue weighted by molar-refractivity contribution is 5.34. The summed E-state index contributed by atoms with van der Waals surface area (Å²) in [5, 5.41) is 3.93. The normalized spacial score (nSPS) is 18.6. The number of aryl methyl sites for hydroxylation is 1. The molecule has 0 aromatic heterocycles. The Labute approximate surface area is 118 Å². The third-order valence-electron chi connectivity index (χ3n) is 4.08. The van der Waals surface area contributed by atoms with Gasteiger partial charge in [-0.15, -0.1) is 0 Å². The van der Waals surface area contributed by atoms with Crippen molar-refractivity contribution in [3.63, 3.8) is 0 Å². The Balaban J connectivity index is 2.01. The molecule has 0 radical (unpaired) electrons. The van der Waals surface area contributed by atoms with Gasteiger partial charge in [0.1, 0.15) is 0 Å². The molecule has 1 heteroatoms.